The molecule has 0 saturated heterocycles. The van der Waals surface area contributed by atoms with Gasteiger partial charge in [0, 0.05) is 33.0 Å². The molecule has 0 aliphatic carbocycles. The Bertz CT molecular complexity index is 1400. The number of aryl methyl sites for hydroxylation is 2. The van der Waals surface area contributed by atoms with Crippen LogP contribution >= 0.6 is 15.9 Å². The number of hydrogen-bond donors (Lipinski definition) is 0. The topological polar surface area (TPSA) is 52.2 Å². The highest BCUT2D eigenvalue weighted by molar-refractivity contribution is 9.10. The quantitative estimate of drug-likeness (QED) is 0.280. The number of aromatic nitrogens is 3. The van der Waals surface area contributed by atoms with Gasteiger partial charge in [-0.25, -0.2) is 4.98 Å². The van der Waals surface area contributed by atoms with Crippen molar-refractivity contribution in [2.24, 2.45) is 5.10 Å². The van der Waals surface area contributed by atoms with E-state index >= 15 is 0 Å². The highest BCUT2D eigenvalue weighted by atomic mass is 79.9. The lowest BCUT2D eigenvalue weighted by Gasteiger charge is -2.14. The summed E-state index contributed by atoms with van der Waals surface area (Å²) in [6.45, 7) is 10.5. The summed E-state index contributed by atoms with van der Waals surface area (Å²) in [7, 11) is 0. The van der Waals surface area contributed by atoms with Gasteiger partial charge in [0.25, 0.3) is 5.56 Å². The largest absolute Gasteiger partial charge is 0.318 e. The van der Waals surface area contributed by atoms with Crippen LogP contribution in [0.4, 0.5) is 0 Å². The van der Waals surface area contributed by atoms with Gasteiger partial charge in [0.1, 0.15) is 5.82 Å². The zero-order valence-corrected chi connectivity index (χ0v) is 21.3. The van der Waals surface area contributed by atoms with Gasteiger partial charge in [0.2, 0.25) is 0 Å². The lowest BCUT2D eigenvalue weighted by atomic mass is 10.1. The fraction of sp³-hybridized carbons (Fsp3) is 0.296. The average Bonchev–Trinajstić information content (AvgIpc) is 3.11. The van der Waals surface area contributed by atoms with E-state index < -0.39 is 0 Å². The molecule has 4 aromatic rings. The van der Waals surface area contributed by atoms with Crippen LogP contribution in [0.1, 0.15) is 61.4 Å². The van der Waals surface area contributed by atoms with E-state index in [-0.39, 0.29) is 11.5 Å². The van der Waals surface area contributed by atoms with Crippen LogP contribution in [-0.2, 0) is 6.42 Å². The maximum atomic E-state index is 13.4. The lowest BCUT2D eigenvalue weighted by Crippen LogP contribution is -2.23. The molecule has 0 bridgehead atoms. The summed E-state index contributed by atoms with van der Waals surface area (Å²) in [4.78, 5) is 18.2. The molecule has 0 unspecified atom stereocenters. The predicted octanol–water partition coefficient (Wildman–Crippen LogP) is 6.52. The second-order valence-corrected chi connectivity index (χ2v) is 9.40. The van der Waals surface area contributed by atoms with E-state index in [0.717, 1.165) is 40.0 Å². The van der Waals surface area contributed by atoms with Gasteiger partial charge in [-0.2, -0.15) is 9.78 Å². The second-order valence-electron chi connectivity index (χ2n) is 8.48. The first-order valence-electron chi connectivity index (χ1n) is 11.4. The number of rotatable bonds is 6. The van der Waals surface area contributed by atoms with Crippen molar-refractivity contribution in [3.8, 4) is 5.69 Å². The molecule has 6 heteroatoms. The van der Waals surface area contributed by atoms with Crippen molar-refractivity contribution in [2.45, 2.75) is 53.4 Å². The molecule has 2 aromatic carbocycles. The van der Waals surface area contributed by atoms with Crippen LogP contribution in [0.2, 0.25) is 0 Å². The number of fused-ring (bicyclic) bond motifs is 1. The summed E-state index contributed by atoms with van der Waals surface area (Å²) in [5.74, 6) is 0.782. The van der Waals surface area contributed by atoms with E-state index in [9.17, 15) is 4.79 Å². The van der Waals surface area contributed by atoms with Crippen molar-refractivity contribution in [3.63, 3.8) is 0 Å². The summed E-state index contributed by atoms with van der Waals surface area (Å²) in [5, 5.41) is 5.20. The first-order valence-corrected chi connectivity index (χ1v) is 12.2. The van der Waals surface area contributed by atoms with Gasteiger partial charge in [0.15, 0.2) is 0 Å². The van der Waals surface area contributed by atoms with Gasteiger partial charge in [-0.3, -0.25) is 4.79 Å². The molecule has 0 aliphatic rings. The zero-order valence-electron chi connectivity index (χ0n) is 19.8. The van der Waals surface area contributed by atoms with Gasteiger partial charge in [-0.05, 0) is 68.7 Å². The molecule has 5 nitrogen and oxygen atoms in total. The Balaban J connectivity index is 1.81. The van der Waals surface area contributed by atoms with Crippen LogP contribution in [0, 0.1) is 13.8 Å². The molecule has 170 valence electrons. The Hall–Kier alpha value is -2.99. The van der Waals surface area contributed by atoms with Gasteiger partial charge in [0.05, 0.1) is 17.1 Å². The monoisotopic (exact) mass is 504 g/mol. The van der Waals surface area contributed by atoms with E-state index in [0.29, 0.717) is 16.7 Å². The van der Waals surface area contributed by atoms with Crippen molar-refractivity contribution in [3.05, 3.63) is 91.7 Å². The molecule has 1 atom stereocenters. The van der Waals surface area contributed by atoms with Crippen LogP contribution in [0.3, 0.4) is 0 Å². The van der Waals surface area contributed by atoms with Crippen molar-refractivity contribution in [1.82, 2.24) is 14.2 Å². The molecule has 33 heavy (non-hydrogen) atoms. The third-order valence-corrected chi connectivity index (χ3v) is 6.77. The third kappa shape index (κ3) is 4.44. The normalized spacial score (nSPS) is 12.7. The number of nitrogens with zero attached hydrogens (tertiary/aromatic N) is 4. The minimum Gasteiger partial charge on any atom is -0.318 e. The van der Waals surface area contributed by atoms with Crippen molar-refractivity contribution < 1.29 is 0 Å². The predicted molar refractivity (Wildman–Crippen MR) is 140 cm³/mol. The zero-order chi connectivity index (χ0) is 23.7. The lowest BCUT2D eigenvalue weighted by molar-refractivity contribution is 0.613. The highest BCUT2D eigenvalue weighted by Crippen LogP contribution is 2.22. The van der Waals surface area contributed by atoms with E-state index in [2.05, 4.69) is 90.5 Å². The van der Waals surface area contributed by atoms with Gasteiger partial charge in [-0.15, -0.1) is 0 Å². The summed E-state index contributed by atoms with van der Waals surface area (Å²) in [6.07, 6.45) is 3.66. The SMILES string of the molecule is CCc1ccc(-n2c(C)cc(C=Nn3c([C@H](C)CC)nc4ccc(Br)cc4c3=O)c2C)cc1. The molecule has 0 saturated carbocycles. The Morgan fingerprint density at radius 1 is 1.09 bits per heavy atom. The molecular weight excluding hydrogens is 476 g/mol. The average molecular weight is 505 g/mol. The molecule has 0 fully saturated rings. The van der Waals surface area contributed by atoms with E-state index in [1.165, 1.54) is 10.2 Å². The van der Waals surface area contributed by atoms with E-state index in [1.54, 1.807) is 6.21 Å². The van der Waals surface area contributed by atoms with Crippen molar-refractivity contribution in [1.29, 1.82) is 0 Å². The molecule has 2 aromatic heterocycles. The van der Waals surface area contributed by atoms with Crippen LogP contribution in [0.15, 0.2) is 62.9 Å². The maximum absolute atomic E-state index is 13.4. The summed E-state index contributed by atoms with van der Waals surface area (Å²) in [5.41, 5.74) is 6.15. The van der Waals surface area contributed by atoms with Crippen LogP contribution < -0.4 is 5.56 Å². The van der Waals surface area contributed by atoms with Crippen LogP contribution in [0.25, 0.3) is 16.6 Å². The Morgan fingerprint density at radius 3 is 2.48 bits per heavy atom. The smallest absolute Gasteiger partial charge is 0.282 e. The Morgan fingerprint density at radius 2 is 1.82 bits per heavy atom. The third-order valence-electron chi connectivity index (χ3n) is 6.27. The standard InChI is InChI=1S/C27H29BrN4O/c1-6-17(3)26-30-25-13-10-22(28)15-24(25)27(33)32(26)29-16-21-14-18(4)31(19(21)5)23-11-8-20(7-2)9-12-23/h8-17H,6-7H2,1-5H3/t17-/m1/s1. The molecule has 0 spiro atoms. The number of benzene rings is 2. The minimum absolute atomic E-state index is 0.104. The van der Waals surface area contributed by atoms with Gasteiger partial charge < -0.3 is 4.57 Å². The van der Waals surface area contributed by atoms with Crippen LogP contribution in [0.5, 0.6) is 0 Å². The van der Waals surface area contributed by atoms with Crippen molar-refractivity contribution in [2.75, 3.05) is 0 Å². The van der Waals surface area contributed by atoms with Gasteiger partial charge in [-0.1, -0.05) is 48.8 Å². The highest BCUT2D eigenvalue weighted by Gasteiger charge is 2.16. The Kier molecular flexibility index (Phi) is 6.66. The first kappa shape index (κ1) is 23.2. The van der Waals surface area contributed by atoms with E-state index in [1.807, 2.05) is 18.2 Å². The minimum atomic E-state index is -0.156. The molecule has 0 aliphatic heterocycles. The second kappa shape index (κ2) is 9.48. The summed E-state index contributed by atoms with van der Waals surface area (Å²) >= 11 is 3.46. The first-order chi connectivity index (χ1) is 15.8. The molecule has 2 heterocycles. The number of hydrogen-bond acceptors (Lipinski definition) is 3. The molecule has 0 radical (unpaired) electrons. The summed E-state index contributed by atoms with van der Waals surface area (Å²) in [6, 6.07) is 16.3. The molecule has 0 N–H and O–H groups in total. The Labute approximate surface area is 202 Å². The molecule has 4 rings (SSSR count). The number of halogens is 1. The fourth-order valence-electron chi connectivity index (χ4n) is 4.10. The molecular formula is C27H29BrN4O. The van der Waals surface area contributed by atoms with Crippen LogP contribution in [-0.4, -0.2) is 20.4 Å². The van der Waals surface area contributed by atoms with Crippen molar-refractivity contribution >= 4 is 33.0 Å². The fourth-order valence-corrected chi connectivity index (χ4v) is 4.46. The van der Waals surface area contributed by atoms with E-state index in [4.69, 9.17) is 4.98 Å². The van der Waals surface area contributed by atoms with Gasteiger partial charge >= 0.3 is 0 Å². The summed E-state index contributed by atoms with van der Waals surface area (Å²) < 4.78 is 4.53. The molecule has 0 amide bonds. The maximum Gasteiger partial charge on any atom is 0.282 e.